The fraction of sp³-hybridized carbons (Fsp3) is 0.160. The molecule has 8 heteroatoms. The summed E-state index contributed by atoms with van der Waals surface area (Å²) in [6.45, 7) is 4.22. The van der Waals surface area contributed by atoms with Crippen LogP contribution in [0.1, 0.15) is 45.7 Å². The minimum atomic E-state index is -0.614. The maximum Gasteiger partial charge on any atom is 0.338 e. The molecule has 0 unspecified atom stereocenters. The van der Waals surface area contributed by atoms with Gasteiger partial charge >= 0.3 is 5.97 Å². The number of benzene rings is 3. The van der Waals surface area contributed by atoms with Crippen molar-refractivity contribution in [1.29, 1.82) is 0 Å². The van der Waals surface area contributed by atoms with Gasteiger partial charge in [0.25, 0.3) is 0 Å². The van der Waals surface area contributed by atoms with Crippen molar-refractivity contribution in [2.24, 2.45) is 16.6 Å². The van der Waals surface area contributed by atoms with Crippen LogP contribution in [0.2, 0.25) is 5.02 Å². The zero-order valence-corrected chi connectivity index (χ0v) is 19.5. The Morgan fingerprint density at radius 3 is 2.61 bits per heavy atom. The molecule has 4 rings (SSSR count). The van der Waals surface area contributed by atoms with Gasteiger partial charge in [-0.2, -0.15) is 0 Å². The summed E-state index contributed by atoms with van der Waals surface area (Å²) in [5, 5.41) is -0.0727. The average Bonchev–Trinajstić information content (AvgIpc) is 2.95. The summed E-state index contributed by atoms with van der Waals surface area (Å²) in [7, 11) is 0. The number of nitrogens with zero attached hydrogens (tertiary/aromatic N) is 1. The average molecular weight is 483 g/mol. The van der Waals surface area contributed by atoms with Crippen molar-refractivity contribution in [2.45, 2.75) is 23.6 Å². The topological polar surface area (TPSA) is 81.8 Å². The number of ether oxygens (including phenoxy) is 1. The molecular weight excluding hydrogens is 463 g/mol. The van der Waals surface area contributed by atoms with Crippen LogP contribution < -0.4 is 5.73 Å². The molecule has 3 aromatic carbocycles. The summed E-state index contributed by atoms with van der Waals surface area (Å²) in [4.78, 5) is 31.1. The molecule has 1 aliphatic heterocycles. The van der Waals surface area contributed by atoms with Gasteiger partial charge in [-0.25, -0.2) is 14.2 Å². The highest BCUT2D eigenvalue weighted by Crippen LogP contribution is 2.43. The number of aliphatic imine (C=N–C) groups is 1. The van der Waals surface area contributed by atoms with Crippen LogP contribution in [0.25, 0.3) is 0 Å². The monoisotopic (exact) mass is 482 g/mol. The number of primary amides is 1. The van der Waals surface area contributed by atoms with Crippen LogP contribution in [0.5, 0.6) is 0 Å². The molecule has 0 spiro atoms. The van der Waals surface area contributed by atoms with E-state index in [0.29, 0.717) is 34.7 Å². The Balaban J connectivity index is 1.91. The molecule has 0 bridgehead atoms. The first-order valence-electron chi connectivity index (χ1n) is 10.2. The zero-order chi connectivity index (χ0) is 23.7. The van der Waals surface area contributed by atoms with E-state index < -0.39 is 17.7 Å². The van der Waals surface area contributed by atoms with E-state index in [1.807, 2.05) is 19.9 Å². The summed E-state index contributed by atoms with van der Waals surface area (Å²) in [5.41, 5.74) is 8.25. The van der Waals surface area contributed by atoms with Gasteiger partial charge in [0.2, 0.25) is 5.91 Å². The fourth-order valence-electron chi connectivity index (χ4n) is 3.36. The van der Waals surface area contributed by atoms with Crippen molar-refractivity contribution >= 4 is 46.6 Å². The van der Waals surface area contributed by atoms with Crippen LogP contribution in [0.15, 0.2) is 69.4 Å². The molecule has 0 aliphatic carbocycles. The molecule has 0 atom stereocenters. The summed E-state index contributed by atoms with van der Waals surface area (Å²) in [6, 6.07) is 14.6. The molecule has 0 radical (unpaired) electrons. The highest BCUT2D eigenvalue weighted by Gasteiger charge is 2.25. The molecular formula is C25H20ClFN2O3S. The first-order valence-corrected chi connectivity index (χ1v) is 11.4. The number of amides is 1. The SMILES string of the molecule is CC(C)COC(=O)c1ccc2c(c1)N=C(c1ccc(F)c(Cl)c1)c1c(cccc1C(N)=O)S2. The highest BCUT2D eigenvalue weighted by molar-refractivity contribution is 7.99. The third-order valence-corrected chi connectivity index (χ3v) is 6.33. The first kappa shape index (κ1) is 23.0. The van der Waals surface area contributed by atoms with Crippen molar-refractivity contribution in [1.82, 2.24) is 0 Å². The Hall–Kier alpha value is -3.16. The van der Waals surface area contributed by atoms with Crippen LogP contribution in [0, 0.1) is 11.7 Å². The Bertz CT molecular complexity index is 1310. The molecule has 0 aromatic heterocycles. The number of halogens is 2. The number of esters is 1. The Kier molecular flexibility index (Phi) is 6.54. The molecule has 0 saturated heterocycles. The van der Waals surface area contributed by atoms with Gasteiger partial charge in [0, 0.05) is 26.5 Å². The molecule has 168 valence electrons. The molecule has 33 heavy (non-hydrogen) atoms. The lowest BCUT2D eigenvalue weighted by Crippen LogP contribution is -2.18. The molecule has 0 fully saturated rings. The molecule has 1 amide bonds. The summed E-state index contributed by atoms with van der Waals surface area (Å²) >= 11 is 7.44. The van der Waals surface area contributed by atoms with E-state index in [4.69, 9.17) is 27.1 Å². The van der Waals surface area contributed by atoms with Gasteiger partial charge in [-0.05, 0) is 54.4 Å². The molecule has 5 nitrogen and oxygen atoms in total. The Labute approximate surface area is 199 Å². The highest BCUT2D eigenvalue weighted by atomic mass is 35.5. The quantitative estimate of drug-likeness (QED) is 0.352. The molecule has 1 heterocycles. The van der Waals surface area contributed by atoms with Crippen molar-refractivity contribution in [3.8, 4) is 0 Å². The van der Waals surface area contributed by atoms with E-state index in [1.165, 1.54) is 30.0 Å². The summed E-state index contributed by atoms with van der Waals surface area (Å²) < 4.78 is 19.2. The number of rotatable bonds is 5. The third kappa shape index (κ3) is 4.79. The van der Waals surface area contributed by atoms with E-state index in [0.717, 1.165) is 9.79 Å². The second-order valence-electron chi connectivity index (χ2n) is 7.91. The van der Waals surface area contributed by atoms with Gasteiger partial charge in [-0.15, -0.1) is 0 Å². The lowest BCUT2D eigenvalue weighted by Gasteiger charge is -2.13. The number of carbonyl (C=O) groups is 2. The minimum Gasteiger partial charge on any atom is -0.462 e. The van der Waals surface area contributed by atoms with E-state index in [1.54, 1.807) is 30.3 Å². The van der Waals surface area contributed by atoms with Gasteiger partial charge in [0.05, 0.1) is 28.6 Å². The lowest BCUT2D eigenvalue weighted by molar-refractivity contribution is 0.0459. The predicted octanol–water partition coefficient (Wildman–Crippen LogP) is 6.02. The molecule has 0 saturated carbocycles. The van der Waals surface area contributed by atoms with Gasteiger partial charge < -0.3 is 10.5 Å². The summed E-state index contributed by atoms with van der Waals surface area (Å²) in [6.07, 6.45) is 0. The number of hydrogen-bond donors (Lipinski definition) is 1. The van der Waals surface area contributed by atoms with E-state index >= 15 is 0 Å². The van der Waals surface area contributed by atoms with E-state index in [-0.39, 0.29) is 16.5 Å². The van der Waals surface area contributed by atoms with Crippen LogP contribution in [-0.4, -0.2) is 24.2 Å². The standard InChI is InChI=1S/C25H20ClFN2O3S/c1-13(2)12-32-25(31)15-7-9-20-19(11-15)29-23(14-6-8-18(27)17(26)10-14)22-16(24(28)30)4-3-5-21(22)33-20/h3-11,13H,12H2,1-2H3,(H2,28,30). The second kappa shape index (κ2) is 9.37. The number of carbonyl (C=O) groups excluding carboxylic acids is 2. The van der Waals surface area contributed by atoms with Crippen LogP contribution in [0.3, 0.4) is 0 Å². The van der Waals surface area contributed by atoms with Gasteiger partial charge in [-0.1, -0.05) is 43.3 Å². The van der Waals surface area contributed by atoms with E-state index in [9.17, 15) is 14.0 Å². The minimum absolute atomic E-state index is 0.0727. The first-order chi connectivity index (χ1) is 15.7. The second-order valence-corrected chi connectivity index (χ2v) is 9.40. The summed E-state index contributed by atoms with van der Waals surface area (Å²) in [5.74, 6) is -1.42. The molecule has 3 aromatic rings. The predicted molar refractivity (Wildman–Crippen MR) is 127 cm³/mol. The van der Waals surface area contributed by atoms with Crippen molar-refractivity contribution in [3.63, 3.8) is 0 Å². The van der Waals surface area contributed by atoms with Crippen molar-refractivity contribution in [3.05, 3.63) is 87.7 Å². The van der Waals surface area contributed by atoms with Crippen LogP contribution in [0.4, 0.5) is 10.1 Å². The number of hydrogen-bond acceptors (Lipinski definition) is 5. The van der Waals surface area contributed by atoms with Crippen LogP contribution >= 0.6 is 23.4 Å². The lowest BCUT2D eigenvalue weighted by atomic mass is 9.96. The normalized spacial score (nSPS) is 12.5. The molecule has 1 aliphatic rings. The maximum absolute atomic E-state index is 13.9. The van der Waals surface area contributed by atoms with Gasteiger partial charge in [-0.3, -0.25) is 4.79 Å². The number of fused-ring (bicyclic) bond motifs is 2. The maximum atomic E-state index is 13.9. The zero-order valence-electron chi connectivity index (χ0n) is 17.9. The van der Waals surface area contributed by atoms with Gasteiger partial charge in [0.1, 0.15) is 5.82 Å². The van der Waals surface area contributed by atoms with Crippen molar-refractivity contribution in [2.75, 3.05) is 6.61 Å². The van der Waals surface area contributed by atoms with Crippen LogP contribution in [-0.2, 0) is 4.74 Å². The fourth-order valence-corrected chi connectivity index (χ4v) is 4.57. The number of nitrogens with two attached hydrogens (primary N) is 1. The third-order valence-electron chi connectivity index (χ3n) is 4.92. The smallest absolute Gasteiger partial charge is 0.338 e. The van der Waals surface area contributed by atoms with E-state index in [2.05, 4.69) is 0 Å². The largest absolute Gasteiger partial charge is 0.462 e. The Morgan fingerprint density at radius 1 is 1.12 bits per heavy atom. The molecule has 2 N–H and O–H groups in total. The Morgan fingerprint density at radius 2 is 1.91 bits per heavy atom. The van der Waals surface area contributed by atoms with Gasteiger partial charge in [0.15, 0.2) is 0 Å². The van der Waals surface area contributed by atoms with Crippen molar-refractivity contribution < 1.29 is 18.7 Å².